The van der Waals surface area contributed by atoms with Crippen LogP contribution >= 0.6 is 15.9 Å². The lowest BCUT2D eigenvalue weighted by Crippen LogP contribution is -2.14. The Bertz CT molecular complexity index is 1060. The van der Waals surface area contributed by atoms with Crippen molar-refractivity contribution >= 4 is 43.2 Å². The van der Waals surface area contributed by atoms with Gasteiger partial charge in [-0.25, -0.2) is 8.42 Å². The Hall–Kier alpha value is -2.64. The average molecular weight is 445 g/mol. The second-order valence-corrected chi connectivity index (χ2v) is 8.50. The number of sulfonamides is 1. The van der Waals surface area contributed by atoms with Crippen LogP contribution in [0.15, 0.2) is 82.2 Å². The van der Waals surface area contributed by atoms with Crippen LogP contribution in [0.25, 0.3) is 0 Å². The van der Waals surface area contributed by atoms with Gasteiger partial charge in [0.15, 0.2) is 0 Å². The predicted molar refractivity (Wildman–Crippen MR) is 111 cm³/mol. The largest absolute Gasteiger partial charge is 0.322 e. The van der Waals surface area contributed by atoms with E-state index in [0.29, 0.717) is 16.9 Å². The normalized spacial score (nSPS) is 11.0. The van der Waals surface area contributed by atoms with Gasteiger partial charge in [0, 0.05) is 21.4 Å². The fraction of sp³-hybridized carbons (Fsp3) is 0.0500. The van der Waals surface area contributed by atoms with Gasteiger partial charge >= 0.3 is 0 Å². The maximum atomic E-state index is 12.5. The number of amides is 1. The molecule has 0 fully saturated rings. The molecule has 0 aliphatic carbocycles. The number of aryl methyl sites for hydroxylation is 1. The fourth-order valence-electron chi connectivity index (χ4n) is 2.48. The number of rotatable bonds is 5. The Morgan fingerprint density at radius 1 is 0.852 bits per heavy atom. The maximum Gasteiger partial charge on any atom is 0.261 e. The van der Waals surface area contributed by atoms with Crippen LogP contribution in [0.4, 0.5) is 11.4 Å². The van der Waals surface area contributed by atoms with Crippen molar-refractivity contribution < 1.29 is 13.2 Å². The zero-order valence-electron chi connectivity index (χ0n) is 14.4. The van der Waals surface area contributed by atoms with Crippen molar-refractivity contribution in [1.29, 1.82) is 0 Å². The summed E-state index contributed by atoms with van der Waals surface area (Å²) in [4.78, 5) is 12.5. The molecule has 3 aromatic rings. The van der Waals surface area contributed by atoms with Crippen LogP contribution in [0, 0.1) is 6.92 Å². The molecule has 0 saturated heterocycles. The van der Waals surface area contributed by atoms with Crippen LogP contribution < -0.4 is 10.0 Å². The van der Waals surface area contributed by atoms with Crippen LogP contribution in [0.2, 0.25) is 0 Å². The number of benzene rings is 3. The Labute approximate surface area is 166 Å². The molecule has 5 nitrogen and oxygen atoms in total. The Morgan fingerprint density at radius 3 is 2.07 bits per heavy atom. The highest BCUT2D eigenvalue weighted by atomic mass is 79.9. The van der Waals surface area contributed by atoms with E-state index in [4.69, 9.17) is 0 Å². The molecule has 0 atom stereocenters. The third-order valence-corrected chi connectivity index (χ3v) is 5.83. The summed E-state index contributed by atoms with van der Waals surface area (Å²) in [6.45, 7) is 1.86. The Morgan fingerprint density at radius 2 is 1.44 bits per heavy atom. The van der Waals surface area contributed by atoms with Gasteiger partial charge < -0.3 is 5.32 Å². The lowest BCUT2D eigenvalue weighted by atomic mass is 10.1. The van der Waals surface area contributed by atoms with Crippen molar-refractivity contribution in [2.45, 2.75) is 11.8 Å². The number of halogens is 1. The molecule has 0 radical (unpaired) electrons. The lowest BCUT2D eigenvalue weighted by molar-refractivity contribution is 0.102. The van der Waals surface area contributed by atoms with Gasteiger partial charge in [0.05, 0.1) is 4.90 Å². The maximum absolute atomic E-state index is 12.5. The molecule has 1 amide bonds. The number of hydrogen-bond acceptors (Lipinski definition) is 3. The molecule has 0 bridgehead atoms. The minimum Gasteiger partial charge on any atom is -0.322 e. The highest BCUT2D eigenvalue weighted by molar-refractivity contribution is 9.10. The van der Waals surface area contributed by atoms with Gasteiger partial charge in [0.25, 0.3) is 15.9 Å². The monoisotopic (exact) mass is 444 g/mol. The summed E-state index contributed by atoms with van der Waals surface area (Å²) in [5.74, 6) is -0.239. The second kappa shape index (κ2) is 7.94. The first-order chi connectivity index (χ1) is 12.8. The summed E-state index contributed by atoms with van der Waals surface area (Å²) in [6.07, 6.45) is 0. The predicted octanol–water partition coefficient (Wildman–Crippen LogP) is 4.81. The summed E-state index contributed by atoms with van der Waals surface area (Å²) in [5, 5.41) is 2.77. The molecule has 3 aromatic carbocycles. The minimum atomic E-state index is -3.71. The summed E-state index contributed by atoms with van der Waals surface area (Å²) in [6, 6.07) is 20.1. The van der Waals surface area contributed by atoms with E-state index in [0.717, 1.165) is 10.0 Å². The lowest BCUT2D eigenvalue weighted by Gasteiger charge is -2.10. The Balaban J connectivity index is 1.73. The fourth-order valence-corrected chi connectivity index (χ4v) is 3.80. The molecule has 2 N–H and O–H groups in total. The molecule has 0 saturated carbocycles. The third-order valence-electron chi connectivity index (χ3n) is 3.91. The van der Waals surface area contributed by atoms with E-state index in [1.54, 1.807) is 48.5 Å². The van der Waals surface area contributed by atoms with E-state index in [1.165, 1.54) is 12.1 Å². The molecule has 0 unspecified atom stereocenters. The number of carbonyl (C=O) groups excluding carboxylic acids is 1. The number of hydrogen-bond donors (Lipinski definition) is 2. The molecule has 3 rings (SSSR count). The number of anilines is 2. The van der Waals surface area contributed by atoms with Gasteiger partial charge in [-0.15, -0.1) is 0 Å². The molecule has 27 heavy (non-hydrogen) atoms. The summed E-state index contributed by atoms with van der Waals surface area (Å²) in [7, 11) is -3.71. The Kier molecular flexibility index (Phi) is 5.62. The topological polar surface area (TPSA) is 75.3 Å². The first-order valence-corrected chi connectivity index (χ1v) is 10.4. The van der Waals surface area contributed by atoms with Crippen molar-refractivity contribution in [3.8, 4) is 0 Å². The van der Waals surface area contributed by atoms with Crippen molar-refractivity contribution in [3.05, 3.63) is 88.4 Å². The van der Waals surface area contributed by atoms with Crippen molar-refractivity contribution in [1.82, 2.24) is 0 Å². The van der Waals surface area contributed by atoms with E-state index in [1.807, 2.05) is 19.1 Å². The molecule has 0 aliphatic rings. The van der Waals surface area contributed by atoms with Crippen LogP contribution in [0.3, 0.4) is 0 Å². The van der Waals surface area contributed by atoms with Crippen molar-refractivity contribution in [3.63, 3.8) is 0 Å². The molecular weight excluding hydrogens is 428 g/mol. The van der Waals surface area contributed by atoms with Gasteiger partial charge in [-0.05, 0) is 67.1 Å². The molecule has 0 spiro atoms. The van der Waals surface area contributed by atoms with E-state index in [9.17, 15) is 13.2 Å². The first kappa shape index (κ1) is 19.1. The zero-order valence-corrected chi connectivity index (χ0v) is 16.8. The molecule has 0 heterocycles. The third kappa shape index (κ3) is 4.75. The number of carbonyl (C=O) groups is 1. The van der Waals surface area contributed by atoms with Crippen molar-refractivity contribution in [2.75, 3.05) is 10.0 Å². The van der Waals surface area contributed by atoms with Crippen LogP contribution in [-0.4, -0.2) is 14.3 Å². The average Bonchev–Trinajstić information content (AvgIpc) is 2.64. The highest BCUT2D eigenvalue weighted by Crippen LogP contribution is 2.20. The minimum absolute atomic E-state index is 0.110. The van der Waals surface area contributed by atoms with Crippen LogP contribution in [0.1, 0.15) is 15.9 Å². The van der Waals surface area contributed by atoms with E-state index >= 15 is 0 Å². The van der Waals surface area contributed by atoms with E-state index in [2.05, 4.69) is 26.0 Å². The standard InChI is InChI=1S/C20H17BrN2O3S/c1-14-4-2-3-5-19(14)20(24)22-16-10-12-18(13-11-16)27(25,26)23-17-8-6-15(21)7-9-17/h2-13,23H,1H3,(H,22,24). The van der Waals surface area contributed by atoms with E-state index < -0.39 is 10.0 Å². The van der Waals surface area contributed by atoms with Gasteiger partial charge in [0.2, 0.25) is 0 Å². The highest BCUT2D eigenvalue weighted by Gasteiger charge is 2.15. The van der Waals surface area contributed by atoms with Crippen LogP contribution in [0.5, 0.6) is 0 Å². The van der Waals surface area contributed by atoms with Gasteiger partial charge in [0.1, 0.15) is 0 Å². The summed E-state index contributed by atoms with van der Waals surface area (Å²) in [5.41, 5.74) is 2.43. The molecular formula is C20H17BrN2O3S. The first-order valence-electron chi connectivity index (χ1n) is 8.10. The second-order valence-electron chi connectivity index (χ2n) is 5.91. The summed E-state index contributed by atoms with van der Waals surface area (Å²) < 4.78 is 28.3. The molecule has 0 aromatic heterocycles. The SMILES string of the molecule is Cc1ccccc1C(=O)Nc1ccc(S(=O)(=O)Nc2ccc(Br)cc2)cc1. The molecule has 138 valence electrons. The summed E-state index contributed by atoms with van der Waals surface area (Å²) >= 11 is 3.31. The van der Waals surface area contributed by atoms with Crippen molar-refractivity contribution in [2.24, 2.45) is 0 Å². The van der Waals surface area contributed by atoms with E-state index in [-0.39, 0.29) is 10.8 Å². The number of nitrogens with one attached hydrogen (secondary N) is 2. The molecule has 0 aliphatic heterocycles. The smallest absolute Gasteiger partial charge is 0.261 e. The zero-order chi connectivity index (χ0) is 19.4. The molecule has 7 heteroatoms. The van der Waals surface area contributed by atoms with Gasteiger partial charge in [-0.1, -0.05) is 34.1 Å². The van der Waals surface area contributed by atoms with Crippen LogP contribution in [-0.2, 0) is 10.0 Å². The quantitative estimate of drug-likeness (QED) is 0.592. The van der Waals surface area contributed by atoms with Gasteiger partial charge in [-0.3, -0.25) is 9.52 Å². The van der Waals surface area contributed by atoms with Gasteiger partial charge in [-0.2, -0.15) is 0 Å².